The number of carbonyl (C=O) groups excluding carboxylic acids is 1. The summed E-state index contributed by atoms with van der Waals surface area (Å²) >= 11 is 4.92. The molecule has 0 aliphatic carbocycles. The van der Waals surface area contributed by atoms with E-state index in [-0.39, 0.29) is 5.97 Å². The van der Waals surface area contributed by atoms with Crippen molar-refractivity contribution in [3.63, 3.8) is 0 Å². The highest BCUT2D eigenvalue weighted by atomic mass is 79.9. The van der Waals surface area contributed by atoms with Crippen LogP contribution in [0, 0.1) is 0 Å². The van der Waals surface area contributed by atoms with Crippen LogP contribution in [0.15, 0.2) is 15.9 Å². The number of esters is 1. The average Bonchev–Trinajstić information content (AvgIpc) is 2.59. The molecule has 3 nitrogen and oxygen atoms in total. The van der Waals surface area contributed by atoms with Crippen LogP contribution in [0.2, 0.25) is 0 Å². The summed E-state index contributed by atoms with van der Waals surface area (Å²) in [5.41, 5.74) is 0. The molecule has 1 heterocycles. The first-order chi connectivity index (χ1) is 7.24. The summed E-state index contributed by atoms with van der Waals surface area (Å²) < 4.78 is 10.9. The first-order valence-corrected chi connectivity index (χ1v) is 6.27. The summed E-state index contributed by atoms with van der Waals surface area (Å²) in [6, 6.07) is 1.93. The van der Waals surface area contributed by atoms with Crippen molar-refractivity contribution in [2.75, 3.05) is 20.3 Å². The molecule has 0 N–H and O–H groups in total. The van der Waals surface area contributed by atoms with E-state index in [0.717, 1.165) is 15.8 Å². The fraction of sp³-hybridized carbons (Fsp3) is 0.500. The topological polar surface area (TPSA) is 35.5 Å². The highest BCUT2D eigenvalue weighted by Crippen LogP contribution is 2.23. The molecule has 84 valence electrons. The Kier molecular flexibility index (Phi) is 5.90. The maximum Gasteiger partial charge on any atom is 0.311 e. The van der Waals surface area contributed by atoms with Crippen LogP contribution in [0.5, 0.6) is 0 Å². The van der Waals surface area contributed by atoms with Gasteiger partial charge in [-0.15, -0.1) is 11.3 Å². The van der Waals surface area contributed by atoms with Crippen molar-refractivity contribution in [1.82, 2.24) is 0 Å². The molecule has 0 saturated carbocycles. The summed E-state index contributed by atoms with van der Waals surface area (Å²) in [5, 5.41) is 1.94. The minimum Gasteiger partial charge on any atom is -0.465 e. The van der Waals surface area contributed by atoms with E-state index in [9.17, 15) is 4.79 Å². The van der Waals surface area contributed by atoms with Gasteiger partial charge in [-0.25, -0.2) is 0 Å². The SMILES string of the molecule is COCCCOC(=O)Cc1sccc1Br. The van der Waals surface area contributed by atoms with Crippen LogP contribution < -0.4 is 0 Å². The number of rotatable bonds is 6. The van der Waals surface area contributed by atoms with E-state index >= 15 is 0 Å². The molecular weight excluding hydrogens is 280 g/mol. The maximum absolute atomic E-state index is 11.3. The largest absolute Gasteiger partial charge is 0.465 e. The molecule has 0 amide bonds. The Bertz CT molecular complexity index is 311. The van der Waals surface area contributed by atoms with Gasteiger partial charge in [0.2, 0.25) is 0 Å². The lowest BCUT2D eigenvalue weighted by molar-refractivity contribution is -0.143. The molecule has 1 aromatic rings. The van der Waals surface area contributed by atoms with Crippen LogP contribution in [-0.4, -0.2) is 26.3 Å². The van der Waals surface area contributed by atoms with Gasteiger partial charge in [-0.3, -0.25) is 4.79 Å². The number of carbonyl (C=O) groups is 1. The molecular formula is C10H13BrO3S. The normalized spacial score (nSPS) is 10.3. The quantitative estimate of drug-likeness (QED) is 0.597. The van der Waals surface area contributed by atoms with Gasteiger partial charge in [-0.2, -0.15) is 0 Å². The Labute approximate surface area is 102 Å². The van der Waals surface area contributed by atoms with Gasteiger partial charge in [0.1, 0.15) is 0 Å². The lowest BCUT2D eigenvalue weighted by Gasteiger charge is -2.03. The van der Waals surface area contributed by atoms with Crippen molar-refractivity contribution in [2.24, 2.45) is 0 Å². The van der Waals surface area contributed by atoms with Gasteiger partial charge in [0, 0.05) is 29.5 Å². The predicted molar refractivity (Wildman–Crippen MR) is 63.2 cm³/mol. The van der Waals surface area contributed by atoms with E-state index in [4.69, 9.17) is 9.47 Å². The highest BCUT2D eigenvalue weighted by molar-refractivity contribution is 9.10. The Morgan fingerprint density at radius 1 is 1.53 bits per heavy atom. The van der Waals surface area contributed by atoms with E-state index in [1.165, 1.54) is 0 Å². The molecule has 15 heavy (non-hydrogen) atoms. The summed E-state index contributed by atoms with van der Waals surface area (Å²) in [7, 11) is 1.63. The molecule has 0 bridgehead atoms. The molecule has 1 rings (SSSR count). The molecule has 0 spiro atoms. The number of hydrogen-bond donors (Lipinski definition) is 0. The van der Waals surface area contributed by atoms with Gasteiger partial charge in [-0.05, 0) is 27.4 Å². The minimum atomic E-state index is -0.186. The van der Waals surface area contributed by atoms with Crippen molar-refractivity contribution in [3.05, 3.63) is 20.8 Å². The van der Waals surface area contributed by atoms with Gasteiger partial charge in [0.25, 0.3) is 0 Å². The molecule has 0 aliphatic rings. The smallest absolute Gasteiger partial charge is 0.311 e. The second-order valence-electron chi connectivity index (χ2n) is 2.94. The molecule has 5 heteroatoms. The third kappa shape index (κ3) is 4.77. The average molecular weight is 293 g/mol. The first-order valence-electron chi connectivity index (χ1n) is 4.60. The van der Waals surface area contributed by atoms with Crippen molar-refractivity contribution in [2.45, 2.75) is 12.8 Å². The van der Waals surface area contributed by atoms with Crippen LogP contribution in [0.3, 0.4) is 0 Å². The predicted octanol–water partition coefficient (Wildman–Crippen LogP) is 2.63. The van der Waals surface area contributed by atoms with Gasteiger partial charge in [-0.1, -0.05) is 0 Å². The Hall–Kier alpha value is -0.390. The molecule has 1 aromatic heterocycles. The van der Waals surface area contributed by atoms with Gasteiger partial charge >= 0.3 is 5.97 Å². The van der Waals surface area contributed by atoms with E-state index in [1.807, 2.05) is 11.4 Å². The first kappa shape index (κ1) is 12.7. The van der Waals surface area contributed by atoms with Gasteiger partial charge < -0.3 is 9.47 Å². The van der Waals surface area contributed by atoms with E-state index in [0.29, 0.717) is 19.6 Å². The summed E-state index contributed by atoms with van der Waals surface area (Å²) in [6.45, 7) is 1.05. The number of ether oxygens (including phenoxy) is 2. The lowest BCUT2D eigenvalue weighted by Crippen LogP contribution is -2.09. The standard InChI is InChI=1S/C10H13BrO3S/c1-13-4-2-5-14-10(12)7-9-8(11)3-6-15-9/h3,6H,2,4-5,7H2,1H3. The number of methoxy groups -OCH3 is 1. The molecule has 0 atom stereocenters. The van der Waals surface area contributed by atoms with Crippen LogP contribution in [-0.2, 0) is 20.7 Å². The number of thiophene rings is 1. The van der Waals surface area contributed by atoms with Gasteiger partial charge in [0.05, 0.1) is 13.0 Å². The third-order valence-electron chi connectivity index (χ3n) is 1.75. The minimum absolute atomic E-state index is 0.186. The summed E-state index contributed by atoms with van der Waals surface area (Å²) in [4.78, 5) is 12.4. The zero-order valence-electron chi connectivity index (χ0n) is 8.49. The van der Waals surface area contributed by atoms with Crippen molar-refractivity contribution in [1.29, 1.82) is 0 Å². The molecule has 0 radical (unpaired) electrons. The molecule has 0 aliphatic heterocycles. The van der Waals surface area contributed by atoms with Crippen molar-refractivity contribution < 1.29 is 14.3 Å². The van der Waals surface area contributed by atoms with Crippen LogP contribution in [0.25, 0.3) is 0 Å². The van der Waals surface area contributed by atoms with Crippen LogP contribution in [0.1, 0.15) is 11.3 Å². The number of halogens is 1. The van der Waals surface area contributed by atoms with E-state index in [2.05, 4.69) is 15.9 Å². The van der Waals surface area contributed by atoms with Crippen LogP contribution >= 0.6 is 27.3 Å². The zero-order valence-corrected chi connectivity index (χ0v) is 10.9. The van der Waals surface area contributed by atoms with Crippen LogP contribution in [0.4, 0.5) is 0 Å². The van der Waals surface area contributed by atoms with Gasteiger partial charge in [0.15, 0.2) is 0 Å². The van der Waals surface area contributed by atoms with E-state index < -0.39 is 0 Å². The third-order valence-corrected chi connectivity index (χ3v) is 3.68. The number of hydrogen-bond acceptors (Lipinski definition) is 4. The Morgan fingerprint density at radius 2 is 2.33 bits per heavy atom. The fourth-order valence-electron chi connectivity index (χ4n) is 1.02. The molecule has 0 saturated heterocycles. The lowest BCUT2D eigenvalue weighted by atomic mass is 10.3. The summed E-state index contributed by atoms with van der Waals surface area (Å²) in [6.07, 6.45) is 1.08. The monoisotopic (exact) mass is 292 g/mol. The Balaban J connectivity index is 2.22. The maximum atomic E-state index is 11.3. The van der Waals surface area contributed by atoms with Crippen molar-refractivity contribution >= 4 is 33.2 Å². The fourth-order valence-corrected chi connectivity index (χ4v) is 2.50. The van der Waals surface area contributed by atoms with E-state index in [1.54, 1.807) is 18.4 Å². The highest BCUT2D eigenvalue weighted by Gasteiger charge is 2.08. The second-order valence-corrected chi connectivity index (χ2v) is 4.79. The second kappa shape index (κ2) is 6.98. The van der Waals surface area contributed by atoms with Crippen molar-refractivity contribution in [3.8, 4) is 0 Å². The summed E-state index contributed by atoms with van der Waals surface area (Å²) in [5.74, 6) is -0.186. The molecule has 0 fully saturated rings. The molecule has 0 unspecified atom stereocenters. The Morgan fingerprint density at radius 3 is 2.93 bits per heavy atom. The zero-order chi connectivity index (χ0) is 11.1. The molecule has 0 aromatic carbocycles.